The molecule has 3 rings (SSSR count). The van der Waals surface area contributed by atoms with E-state index in [9.17, 15) is 4.79 Å². The molecule has 0 saturated carbocycles. The molecule has 0 spiro atoms. The summed E-state index contributed by atoms with van der Waals surface area (Å²) in [4.78, 5) is 12.2. The fraction of sp³-hybridized carbons (Fsp3) is 0.316. The molecule has 0 aliphatic rings. The van der Waals surface area contributed by atoms with Gasteiger partial charge in [-0.15, -0.1) is 10.2 Å². The van der Waals surface area contributed by atoms with Gasteiger partial charge in [0.1, 0.15) is 0 Å². The van der Waals surface area contributed by atoms with E-state index in [1.165, 1.54) is 17.3 Å². The minimum atomic E-state index is -0.0718. The van der Waals surface area contributed by atoms with E-state index in [4.69, 9.17) is 4.42 Å². The Hall–Kier alpha value is -2.54. The van der Waals surface area contributed by atoms with Crippen LogP contribution in [0.25, 0.3) is 11.6 Å². The zero-order valence-corrected chi connectivity index (χ0v) is 15.9. The zero-order chi connectivity index (χ0) is 18.5. The van der Waals surface area contributed by atoms with Crippen molar-refractivity contribution in [1.29, 1.82) is 0 Å². The molecule has 1 aromatic carbocycles. The molecule has 0 atom stereocenters. The third-order valence-electron chi connectivity index (χ3n) is 3.97. The highest BCUT2D eigenvalue weighted by atomic mass is 32.2. The second kappa shape index (κ2) is 8.23. The van der Waals surface area contributed by atoms with Gasteiger partial charge in [0.2, 0.25) is 5.91 Å². The van der Waals surface area contributed by atoms with E-state index in [1.807, 2.05) is 47.9 Å². The molecule has 0 fully saturated rings. The third kappa shape index (κ3) is 4.16. The van der Waals surface area contributed by atoms with Gasteiger partial charge in [-0.3, -0.25) is 9.36 Å². The molecule has 0 radical (unpaired) electrons. The summed E-state index contributed by atoms with van der Waals surface area (Å²) >= 11 is 1.36. The zero-order valence-electron chi connectivity index (χ0n) is 15.1. The van der Waals surface area contributed by atoms with Gasteiger partial charge in [0.05, 0.1) is 12.0 Å². The Morgan fingerprint density at radius 2 is 2.00 bits per heavy atom. The van der Waals surface area contributed by atoms with Gasteiger partial charge < -0.3 is 9.73 Å². The molecule has 136 valence electrons. The molecule has 0 saturated heterocycles. The number of rotatable bonds is 7. The van der Waals surface area contributed by atoms with Crippen molar-refractivity contribution >= 4 is 23.4 Å². The Balaban J connectivity index is 1.61. The van der Waals surface area contributed by atoms with Crippen LogP contribution in [0.1, 0.15) is 32.3 Å². The molecule has 3 aromatic rings. The first kappa shape index (κ1) is 18.3. The number of nitrogens with zero attached hydrogens (tertiary/aromatic N) is 3. The first-order valence-electron chi connectivity index (χ1n) is 8.58. The summed E-state index contributed by atoms with van der Waals surface area (Å²) in [6, 6.07) is 11.6. The van der Waals surface area contributed by atoms with E-state index in [1.54, 1.807) is 6.26 Å². The highest BCUT2D eigenvalue weighted by Gasteiger charge is 2.16. The number of anilines is 1. The highest BCUT2D eigenvalue weighted by molar-refractivity contribution is 7.99. The van der Waals surface area contributed by atoms with Crippen LogP contribution in [-0.2, 0) is 11.3 Å². The molecule has 0 bridgehead atoms. The predicted molar refractivity (Wildman–Crippen MR) is 103 cm³/mol. The number of furan rings is 1. The predicted octanol–water partition coefficient (Wildman–Crippen LogP) is 4.41. The van der Waals surface area contributed by atoms with Crippen molar-refractivity contribution in [2.24, 2.45) is 0 Å². The molecule has 0 aliphatic heterocycles. The fourth-order valence-corrected chi connectivity index (χ4v) is 3.35. The molecule has 7 heteroatoms. The second-order valence-corrected chi connectivity index (χ2v) is 7.08. The number of hydrogen-bond donors (Lipinski definition) is 1. The van der Waals surface area contributed by atoms with E-state index in [0.717, 1.165) is 5.69 Å². The Kier molecular flexibility index (Phi) is 5.78. The van der Waals surface area contributed by atoms with E-state index < -0.39 is 0 Å². The third-order valence-corrected chi connectivity index (χ3v) is 4.93. The lowest BCUT2D eigenvalue weighted by Crippen LogP contribution is -2.14. The van der Waals surface area contributed by atoms with Crippen molar-refractivity contribution in [2.45, 2.75) is 38.4 Å². The van der Waals surface area contributed by atoms with Crippen LogP contribution in [0.4, 0.5) is 5.69 Å². The standard InChI is InChI=1S/C19H22N4O2S/c1-4-23-18(16-6-5-11-25-16)21-22-19(23)26-12-17(24)20-15-9-7-14(8-10-15)13(2)3/h5-11,13H,4,12H2,1-3H3,(H,20,24). The van der Waals surface area contributed by atoms with Gasteiger partial charge in [-0.25, -0.2) is 0 Å². The van der Waals surface area contributed by atoms with Gasteiger partial charge in [0, 0.05) is 12.2 Å². The number of carbonyl (C=O) groups excluding carboxylic acids is 1. The number of amides is 1. The average molecular weight is 370 g/mol. The molecule has 0 aliphatic carbocycles. The molecule has 6 nitrogen and oxygen atoms in total. The summed E-state index contributed by atoms with van der Waals surface area (Å²) in [6.07, 6.45) is 1.61. The van der Waals surface area contributed by atoms with Crippen LogP contribution >= 0.6 is 11.8 Å². The lowest BCUT2D eigenvalue weighted by molar-refractivity contribution is -0.113. The van der Waals surface area contributed by atoms with Crippen LogP contribution in [0.3, 0.4) is 0 Å². The Morgan fingerprint density at radius 1 is 1.23 bits per heavy atom. The van der Waals surface area contributed by atoms with Crippen LogP contribution < -0.4 is 5.32 Å². The summed E-state index contributed by atoms with van der Waals surface area (Å²) in [6.45, 7) is 7.00. The van der Waals surface area contributed by atoms with Crippen molar-refractivity contribution in [3.63, 3.8) is 0 Å². The number of carbonyl (C=O) groups is 1. The number of nitrogens with one attached hydrogen (secondary N) is 1. The summed E-state index contributed by atoms with van der Waals surface area (Å²) in [5.41, 5.74) is 2.05. The lowest BCUT2D eigenvalue weighted by atomic mass is 10.0. The van der Waals surface area contributed by atoms with E-state index in [2.05, 4.69) is 29.4 Å². The van der Waals surface area contributed by atoms with Gasteiger partial charge in [0.25, 0.3) is 0 Å². The van der Waals surface area contributed by atoms with E-state index in [-0.39, 0.29) is 11.7 Å². The van der Waals surface area contributed by atoms with Crippen molar-refractivity contribution in [1.82, 2.24) is 14.8 Å². The van der Waals surface area contributed by atoms with E-state index in [0.29, 0.717) is 29.2 Å². The maximum atomic E-state index is 12.2. The summed E-state index contributed by atoms with van der Waals surface area (Å²) in [5, 5.41) is 12.0. The van der Waals surface area contributed by atoms with Crippen molar-refractivity contribution in [3.8, 4) is 11.6 Å². The van der Waals surface area contributed by atoms with Crippen LogP contribution in [-0.4, -0.2) is 26.4 Å². The molecule has 2 heterocycles. The molecule has 2 aromatic heterocycles. The maximum absolute atomic E-state index is 12.2. The van der Waals surface area contributed by atoms with Gasteiger partial charge in [-0.1, -0.05) is 37.7 Å². The normalized spacial score (nSPS) is 11.1. The largest absolute Gasteiger partial charge is 0.461 e. The Bertz CT molecular complexity index is 854. The van der Waals surface area contributed by atoms with Crippen LogP contribution in [0.5, 0.6) is 0 Å². The van der Waals surface area contributed by atoms with Gasteiger partial charge in [-0.2, -0.15) is 0 Å². The van der Waals surface area contributed by atoms with Crippen LogP contribution in [0, 0.1) is 0 Å². The monoisotopic (exact) mass is 370 g/mol. The number of hydrogen-bond acceptors (Lipinski definition) is 5. The second-order valence-electron chi connectivity index (χ2n) is 6.14. The molecule has 26 heavy (non-hydrogen) atoms. The SMILES string of the molecule is CCn1c(SCC(=O)Nc2ccc(C(C)C)cc2)nnc1-c1ccco1. The van der Waals surface area contributed by atoms with Crippen molar-refractivity contribution in [3.05, 3.63) is 48.2 Å². The Labute approximate surface area is 157 Å². The van der Waals surface area contributed by atoms with Crippen LogP contribution in [0.2, 0.25) is 0 Å². The molecule has 1 amide bonds. The first-order chi connectivity index (χ1) is 12.6. The number of benzene rings is 1. The molecular weight excluding hydrogens is 348 g/mol. The first-order valence-corrected chi connectivity index (χ1v) is 9.56. The number of thioether (sulfide) groups is 1. The van der Waals surface area contributed by atoms with Gasteiger partial charge in [-0.05, 0) is 42.7 Å². The van der Waals surface area contributed by atoms with Gasteiger partial charge in [0.15, 0.2) is 16.7 Å². The summed E-state index contributed by atoms with van der Waals surface area (Å²) in [7, 11) is 0. The quantitative estimate of drug-likeness (QED) is 0.624. The minimum Gasteiger partial charge on any atom is -0.461 e. The maximum Gasteiger partial charge on any atom is 0.234 e. The molecule has 0 unspecified atom stereocenters. The van der Waals surface area contributed by atoms with Gasteiger partial charge >= 0.3 is 0 Å². The molecular formula is C19H22N4O2S. The molecule has 1 N–H and O–H groups in total. The fourth-order valence-electron chi connectivity index (χ4n) is 2.55. The number of aromatic nitrogens is 3. The van der Waals surface area contributed by atoms with Crippen molar-refractivity contribution in [2.75, 3.05) is 11.1 Å². The topological polar surface area (TPSA) is 73.0 Å². The summed E-state index contributed by atoms with van der Waals surface area (Å²) in [5.74, 6) is 2.00. The minimum absolute atomic E-state index is 0.0718. The lowest BCUT2D eigenvalue weighted by Gasteiger charge is -2.09. The van der Waals surface area contributed by atoms with Crippen LogP contribution in [0.15, 0.2) is 52.2 Å². The van der Waals surface area contributed by atoms with E-state index >= 15 is 0 Å². The van der Waals surface area contributed by atoms with Crippen molar-refractivity contribution < 1.29 is 9.21 Å². The summed E-state index contributed by atoms with van der Waals surface area (Å²) < 4.78 is 7.33. The smallest absolute Gasteiger partial charge is 0.234 e. The Morgan fingerprint density at radius 3 is 2.62 bits per heavy atom. The average Bonchev–Trinajstić information content (AvgIpc) is 3.29. The highest BCUT2D eigenvalue weighted by Crippen LogP contribution is 2.24.